The molecule has 3 nitrogen and oxygen atoms in total. The molecular weight excluding hydrogens is 210 g/mol. The third-order valence-electron chi connectivity index (χ3n) is 3.15. The van der Waals surface area contributed by atoms with E-state index in [1.54, 1.807) is 0 Å². The average Bonchev–Trinajstić information content (AvgIpc) is 2.70. The number of rotatable bonds is 5. The van der Waals surface area contributed by atoms with Crippen LogP contribution < -0.4 is 5.32 Å². The summed E-state index contributed by atoms with van der Waals surface area (Å²) in [4.78, 5) is 7.96. The van der Waals surface area contributed by atoms with E-state index in [4.69, 9.17) is 0 Å². The van der Waals surface area contributed by atoms with Gasteiger partial charge in [0, 0.05) is 19.0 Å². The Morgan fingerprint density at radius 3 is 3.00 bits per heavy atom. The number of H-pyrrole nitrogens is 1. The number of fused-ring (bicyclic) bond motifs is 1. The molecule has 0 amide bonds. The molecule has 0 aliphatic rings. The molecule has 2 N–H and O–H groups in total. The lowest BCUT2D eigenvalue weighted by molar-refractivity contribution is 0.534. The highest BCUT2D eigenvalue weighted by Gasteiger charge is 2.03. The Hall–Kier alpha value is -1.35. The number of imidazole rings is 1. The molecule has 92 valence electrons. The molecule has 2 aromatic rings. The van der Waals surface area contributed by atoms with E-state index in [2.05, 4.69) is 54.3 Å². The van der Waals surface area contributed by atoms with Gasteiger partial charge >= 0.3 is 0 Å². The molecule has 0 fully saturated rings. The Bertz CT molecular complexity index is 487. The smallest absolute Gasteiger partial charge is 0.108 e. The number of hydrogen-bond donors (Lipinski definition) is 2. The molecule has 0 spiro atoms. The quantitative estimate of drug-likeness (QED) is 0.830. The van der Waals surface area contributed by atoms with Crippen LogP contribution >= 0.6 is 0 Å². The third-order valence-corrected chi connectivity index (χ3v) is 3.15. The maximum atomic E-state index is 4.58. The van der Waals surface area contributed by atoms with Crippen LogP contribution in [-0.4, -0.2) is 22.6 Å². The molecule has 2 rings (SSSR count). The highest BCUT2D eigenvalue weighted by Crippen LogP contribution is 2.13. The minimum atomic E-state index is 0.585. The fraction of sp³-hybridized carbons (Fsp3) is 0.500. The van der Waals surface area contributed by atoms with Gasteiger partial charge in [0.1, 0.15) is 5.82 Å². The number of hydrogen-bond acceptors (Lipinski definition) is 2. The first-order chi connectivity index (χ1) is 8.19. The summed E-state index contributed by atoms with van der Waals surface area (Å²) in [6, 6.07) is 6.91. The summed E-state index contributed by atoms with van der Waals surface area (Å²) in [5.74, 6) is 1.07. The normalized spacial score (nSPS) is 13.1. The minimum Gasteiger partial charge on any atom is -0.342 e. The topological polar surface area (TPSA) is 40.7 Å². The maximum Gasteiger partial charge on any atom is 0.108 e. The van der Waals surface area contributed by atoms with E-state index >= 15 is 0 Å². The molecule has 3 heteroatoms. The molecular formula is C14H21N3. The van der Waals surface area contributed by atoms with Crippen LogP contribution in [0.3, 0.4) is 0 Å². The molecule has 1 heterocycles. The Labute approximate surface area is 103 Å². The van der Waals surface area contributed by atoms with Crippen LogP contribution in [0.4, 0.5) is 0 Å². The van der Waals surface area contributed by atoms with E-state index in [-0.39, 0.29) is 0 Å². The molecule has 0 saturated carbocycles. The first-order valence-corrected chi connectivity index (χ1v) is 6.37. The monoisotopic (exact) mass is 231 g/mol. The van der Waals surface area contributed by atoms with Gasteiger partial charge in [0.15, 0.2) is 0 Å². The Morgan fingerprint density at radius 2 is 2.24 bits per heavy atom. The fourth-order valence-corrected chi connectivity index (χ4v) is 1.88. The summed E-state index contributed by atoms with van der Waals surface area (Å²) in [6.45, 7) is 7.49. The molecule has 0 radical (unpaired) electrons. The molecule has 0 aliphatic carbocycles. The predicted molar refractivity (Wildman–Crippen MR) is 72.3 cm³/mol. The van der Waals surface area contributed by atoms with E-state index in [1.807, 2.05) is 0 Å². The van der Waals surface area contributed by atoms with E-state index < -0.39 is 0 Å². The van der Waals surface area contributed by atoms with Gasteiger partial charge in [-0.15, -0.1) is 0 Å². The number of nitrogens with one attached hydrogen (secondary N) is 2. The summed E-state index contributed by atoms with van der Waals surface area (Å²) in [7, 11) is 0. The summed E-state index contributed by atoms with van der Waals surface area (Å²) >= 11 is 0. The standard InChI is InChI=1S/C14H21N3/c1-4-11(3)15-8-7-14-16-12-6-5-10(2)9-13(12)17-14/h5-6,9,11,15H,4,7-8H2,1-3H3,(H,16,17). The van der Waals surface area contributed by atoms with Gasteiger partial charge in [-0.3, -0.25) is 0 Å². The zero-order valence-electron chi connectivity index (χ0n) is 10.9. The molecule has 0 saturated heterocycles. The van der Waals surface area contributed by atoms with Crippen molar-refractivity contribution in [3.63, 3.8) is 0 Å². The van der Waals surface area contributed by atoms with Gasteiger partial charge in [0.25, 0.3) is 0 Å². The molecule has 1 unspecified atom stereocenters. The van der Waals surface area contributed by atoms with Gasteiger partial charge in [0.2, 0.25) is 0 Å². The minimum absolute atomic E-state index is 0.585. The van der Waals surface area contributed by atoms with Crippen molar-refractivity contribution in [3.05, 3.63) is 29.6 Å². The van der Waals surface area contributed by atoms with Crippen LogP contribution in [0.15, 0.2) is 18.2 Å². The average molecular weight is 231 g/mol. The summed E-state index contributed by atoms with van der Waals surface area (Å²) in [5, 5.41) is 3.48. The largest absolute Gasteiger partial charge is 0.342 e. The van der Waals surface area contributed by atoms with Crippen LogP contribution in [-0.2, 0) is 6.42 Å². The van der Waals surface area contributed by atoms with E-state index in [1.165, 1.54) is 12.0 Å². The van der Waals surface area contributed by atoms with Crippen LogP contribution in [0.1, 0.15) is 31.7 Å². The summed E-state index contributed by atoms with van der Waals surface area (Å²) in [6.07, 6.45) is 2.12. The van der Waals surface area contributed by atoms with Crippen molar-refractivity contribution in [2.45, 2.75) is 39.7 Å². The second-order valence-corrected chi connectivity index (χ2v) is 4.72. The number of aryl methyl sites for hydroxylation is 1. The van der Waals surface area contributed by atoms with Gasteiger partial charge in [-0.05, 0) is 38.0 Å². The Balaban J connectivity index is 1.99. The van der Waals surface area contributed by atoms with E-state index in [0.29, 0.717) is 6.04 Å². The molecule has 0 bridgehead atoms. The number of benzene rings is 1. The van der Waals surface area contributed by atoms with Gasteiger partial charge < -0.3 is 10.3 Å². The Kier molecular flexibility index (Phi) is 3.79. The van der Waals surface area contributed by atoms with Crippen LogP contribution in [0.5, 0.6) is 0 Å². The molecule has 1 aromatic carbocycles. The highest BCUT2D eigenvalue weighted by atomic mass is 14.9. The van der Waals surface area contributed by atoms with Gasteiger partial charge in [-0.1, -0.05) is 13.0 Å². The number of aromatic amines is 1. The molecule has 1 atom stereocenters. The van der Waals surface area contributed by atoms with Crippen LogP contribution in [0.2, 0.25) is 0 Å². The zero-order valence-corrected chi connectivity index (χ0v) is 10.9. The first kappa shape index (κ1) is 12.1. The number of aromatic nitrogens is 2. The predicted octanol–water partition coefficient (Wildman–Crippen LogP) is 2.80. The lowest BCUT2D eigenvalue weighted by Crippen LogP contribution is -2.27. The first-order valence-electron chi connectivity index (χ1n) is 6.37. The molecule has 17 heavy (non-hydrogen) atoms. The number of nitrogens with zero attached hydrogens (tertiary/aromatic N) is 1. The second-order valence-electron chi connectivity index (χ2n) is 4.72. The lowest BCUT2D eigenvalue weighted by Gasteiger charge is -2.09. The van der Waals surface area contributed by atoms with Crippen LogP contribution in [0, 0.1) is 6.92 Å². The summed E-state index contributed by atoms with van der Waals surface area (Å²) in [5.41, 5.74) is 3.48. The molecule has 1 aromatic heterocycles. The second kappa shape index (κ2) is 5.32. The van der Waals surface area contributed by atoms with E-state index in [0.717, 1.165) is 29.8 Å². The maximum absolute atomic E-state index is 4.58. The van der Waals surface area contributed by atoms with Crippen molar-refractivity contribution in [1.82, 2.24) is 15.3 Å². The SMILES string of the molecule is CCC(C)NCCc1nc2ccc(C)cc2[nH]1. The van der Waals surface area contributed by atoms with Crippen LogP contribution in [0.25, 0.3) is 11.0 Å². The van der Waals surface area contributed by atoms with E-state index in [9.17, 15) is 0 Å². The van der Waals surface area contributed by atoms with Crippen molar-refractivity contribution in [2.75, 3.05) is 6.54 Å². The van der Waals surface area contributed by atoms with Crippen molar-refractivity contribution in [1.29, 1.82) is 0 Å². The zero-order chi connectivity index (χ0) is 12.3. The Morgan fingerprint density at radius 1 is 1.41 bits per heavy atom. The molecule has 0 aliphatic heterocycles. The summed E-state index contributed by atoms with van der Waals surface area (Å²) < 4.78 is 0. The van der Waals surface area contributed by atoms with Crippen molar-refractivity contribution >= 4 is 11.0 Å². The van der Waals surface area contributed by atoms with Crippen molar-refractivity contribution < 1.29 is 0 Å². The van der Waals surface area contributed by atoms with Crippen molar-refractivity contribution in [3.8, 4) is 0 Å². The van der Waals surface area contributed by atoms with Gasteiger partial charge in [-0.2, -0.15) is 0 Å². The highest BCUT2D eigenvalue weighted by molar-refractivity contribution is 5.75. The third kappa shape index (κ3) is 3.07. The van der Waals surface area contributed by atoms with Gasteiger partial charge in [-0.25, -0.2) is 4.98 Å². The fourth-order valence-electron chi connectivity index (χ4n) is 1.88. The van der Waals surface area contributed by atoms with Crippen molar-refractivity contribution in [2.24, 2.45) is 0 Å². The lowest BCUT2D eigenvalue weighted by atomic mass is 10.2. The van der Waals surface area contributed by atoms with Gasteiger partial charge in [0.05, 0.1) is 11.0 Å².